The predicted molar refractivity (Wildman–Crippen MR) is 123 cm³/mol. The number of esters is 2. The van der Waals surface area contributed by atoms with Crippen molar-refractivity contribution in [3.63, 3.8) is 0 Å². The first-order chi connectivity index (χ1) is 14.5. The van der Waals surface area contributed by atoms with Crippen LogP contribution in [0.2, 0.25) is 0 Å². The second-order valence-corrected chi connectivity index (χ2v) is 9.61. The molecule has 4 atom stereocenters. The fraction of sp³-hybridized carbons (Fsp3) is 0.923. The van der Waals surface area contributed by atoms with Gasteiger partial charge in [0.1, 0.15) is 0 Å². The maximum absolute atomic E-state index is 12.6. The lowest BCUT2D eigenvalue weighted by atomic mass is 9.79. The molecule has 1 aliphatic carbocycles. The van der Waals surface area contributed by atoms with Gasteiger partial charge in [-0.15, -0.1) is 0 Å². The van der Waals surface area contributed by atoms with Crippen LogP contribution in [0.3, 0.4) is 0 Å². The molecule has 1 aliphatic rings. The number of carbonyl (C=O) groups excluding carboxylic acids is 2. The fourth-order valence-electron chi connectivity index (χ4n) is 4.51. The van der Waals surface area contributed by atoms with Crippen LogP contribution in [-0.4, -0.2) is 25.2 Å². The van der Waals surface area contributed by atoms with Gasteiger partial charge in [-0.2, -0.15) is 0 Å². The number of hydrogen-bond donors (Lipinski definition) is 0. The average molecular weight is 425 g/mol. The molecule has 0 aromatic heterocycles. The molecule has 1 saturated carbocycles. The van der Waals surface area contributed by atoms with Gasteiger partial charge in [0.2, 0.25) is 0 Å². The molecule has 4 nitrogen and oxygen atoms in total. The van der Waals surface area contributed by atoms with E-state index >= 15 is 0 Å². The Morgan fingerprint density at radius 3 is 1.43 bits per heavy atom. The maximum atomic E-state index is 12.6. The van der Waals surface area contributed by atoms with Gasteiger partial charge in [-0.25, -0.2) is 0 Å². The average Bonchev–Trinajstić information content (AvgIpc) is 2.76. The highest BCUT2D eigenvalue weighted by Gasteiger charge is 2.37. The maximum Gasteiger partial charge on any atom is 0.309 e. The van der Waals surface area contributed by atoms with Crippen LogP contribution in [-0.2, 0) is 19.1 Å². The first-order valence-electron chi connectivity index (χ1n) is 12.8. The highest BCUT2D eigenvalue weighted by Crippen LogP contribution is 2.32. The molecule has 0 aromatic rings. The molecule has 0 radical (unpaired) electrons. The third kappa shape index (κ3) is 11.4. The third-order valence-corrected chi connectivity index (χ3v) is 6.64. The van der Waals surface area contributed by atoms with E-state index in [0.717, 1.165) is 51.4 Å². The van der Waals surface area contributed by atoms with Crippen molar-refractivity contribution in [1.29, 1.82) is 0 Å². The Bertz CT molecular complexity index is 420. The van der Waals surface area contributed by atoms with Gasteiger partial charge in [-0.3, -0.25) is 9.59 Å². The highest BCUT2D eigenvalue weighted by atomic mass is 16.5. The molecular formula is C26H48O4. The largest absolute Gasteiger partial charge is 0.465 e. The number of ether oxygens (including phenoxy) is 2. The smallest absolute Gasteiger partial charge is 0.309 e. The van der Waals surface area contributed by atoms with E-state index in [1.807, 2.05) is 0 Å². The van der Waals surface area contributed by atoms with Crippen LogP contribution < -0.4 is 0 Å². The zero-order valence-corrected chi connectivity index (χ0v) is 20.3. The molecule has 176 valence electrons. The van der Waals surface area contributed by atoms with Gasteiger partial charge in [-0.05, 0) is 50.4 Å². The van der Waals surface area contributed by atoms with Crippen LogP contribution in [0.4, 0.5) is 0 Å². The second-order valence-electron chi connectivity index (χ2n) is 9.61. The van der Waals surface area contributed by atoms with Gasteiger partial charge >= 0.3 is 11.9 Å². The minimum atomic E-state index is -0.313. The molecule has 0 amide bonds. The lowest BCUT2D eigenvalue weighted by Crippen LogP contribution is -2.35. The van der Waals surface area contributed by atoms with E-state index in [1.54, 1.807) is 0 Å². The molecule has 0 heterocycles. The summed E-state index contributed by atoms with van der Waals surface area (Å²) in [5, 5.41) is 0. The Morgan fingerprint density at radius 2 is 1.07 bits per heavy atom. The zero-order chi connectivity index (χ0) is 22.2. The lowest BCUT2D eigenvalue weighted by Gasteiger charge is -2.28. The normalized spacial score (nSPS) is 21.1. The summed E-state index contributed by atoms with van der Waals surface area (Å²) < 4.78 is 11.1. The minimum Gasteiger partial charge on any atom is -0.465 e. The SMILES string of the molecule is CCCCC(C)CCCOC(=O)[C@H]1CCCC[C@H]1C(=O)OCCCC(C)CCCC. The molecule has 0 spiro atoms. The quantitative estimate of drug-likeness (QED) is 0.196. The molecule has 30 heavy (non-hydrogen) atoms. The minimum absolute atomic E-state index is 0.189. The Morgan fingerprint density at radius 1 is 0.700 bits per heavy atom. The first kappa shape index (κ1) is 27.0. The van der Waals surface area contributed by atoms with Crippen LogP contribution in [0, 0.1) is 23.7 Å². The van der Waals surface area contributed by atoms with Crippen molar-refractivity contribution >= 4 is 11.9 Å². The van der Waals surface area contributed by atoms with Crippen molar-refractivity contribution in [3.05, 3.63) is 0 Å². The Balaban J connectivity index is 2.31. The van der Waals surface area contributed by atoms with E-state index in [0.29, 0.717) is 25.0 Å². The highest BCUT2D eigenvalue weighted by molar-refractivity contribution is 5.82. The van der Waals surface area contributed by atoms with Crippen molar-refractivity contribution in [2.75, 3.05) is 13.2 Å². The van der Waals surface area contributed by atoms with Gasteiger partial charge in [-0.1, -0.05) is 79.1 Å². The van der Waals surface area contributed by atoms with Crippen molar-refractivity contribution in [3.8, 4) is 0 Å². The van der Waals surface area contributed by atoms with Gasteiger partial charge < -0.3 is 9.47 Å². The molecule has 0 aromatic carbocycles. The number of rotatable bonds is 16. The molecule has 2 unspecified atom stereocenters. The van der Waals surface area contributed by atoms with Gasteiger partial charge in [0.15, 0.2) is 0 Å². The van der Waals surface area contributed by atoms with Gasteiger partial charge in [0, 0.05) is 0 Å². The summed E-state index contributed by atoms with van der Waals surface area (Å²) in [4.78, 5) is 25.2. The monoisotopic (exact) mass is 424 g/mol. The molecule has 0 N–H and O–H groups in total. The zero-order valence-electron chi connectivity index (χ0n) is 20.3. The molecule has 0 saturated heterocycles. The van der Waals surface area contributed by atoms with Crippen LogP contribution in [0.15, 0.2) is 0 Å². The number of unbranched alkanes of at least 4 members (excludes halogenated alkanes) is 2. The standard InChI is InChI=1S/C26H48O4/c1-5-7-13-21(3)15-11-19-29-25(27)23-17-9-10-18-24(23)26(28)30-20-12-16-22(4)14-8-6-2/h21-24H,5-20H2,1-4H3/t21?,22?,23-,24+. The summed E-state index contributed by atoms with van der Waals surface area (Å²) in [7, 11) is 0. The summed E-state index contributed by atoms with van der Waals surface area (Å²) in [6.45, 7) is 9.93. The van der Waals surface area contributed by atoms with E-state index in [2.05, 4.69) is 27.7 Å². The summed E-state index contributed by atoms with van der Waals surface area (Å²) in [6, 6.07) is 0. The van der Waals surface area contributed by atoms with Crippen molar-refractivity contribution in [2.24, 2.45) is 23.7 Å². The topological polar surface area (TPSA) is 52.6 Å². The molecule has 1 rings (SSSR count). The van der Waals surface area contributed by atoms with Gasteiger partial charge in [0.25, 0.3) is 0 Å². The summed E-state index contributed by atoms with van der Waals surface area (Å²) in [5.41, 5.74) is 0. The van der Waals surface area contributed by atoms with Crippen LogP contribution in [0.25, 0.3) is 0 Å². The third-order valence-electron chi connectivity index (χ3n) is 6.64. The Kier molecular flexibility index (Phi) is 14.9. The number of carbonyl (C=O) groups is 2. The molecule has 4 heteroatoms. The van der Waals surface area contributed by atoms with Crippen LogP contribution in [0.5, 0.6) is 0 Å². The van der Waals surface area contributed by atoms with Crippen molar-refractivity contribution in [2.45, 2.75) is 118 Å². The molecule has 0 aliphatic heterocycles. The van der Waals surface area contributed by atoms with Crippen molar-refractivity contribution in [1.82, 2.24) is 0 Å². The molecule has 0 bridgehead atoms. The number of hydrogen-bond acceptors (Lipinski definition) is 4. The lowest BCUT2D eigenvalue weighted by molar-refractivity contribution is -0.163. The van der Waals surface area contributed by atoms with E-state index in [-0.39, 0.29) is 23.8 Å². The van der Waals surface area contributed by atoms with E-state index in [4.69, 9.17) is 9.47 Å². The fourth-order valence-corrected chi connectivity index (χ4v) is 4.51. The van der Waals surface area contributed by atoms with Crippen molar-refractivity contribution < 1.29 is 19.1 Å². The summed E-state index contributed by atoms with van der Waals surface area (Å²) in [6.07, 6.45) is 15.0. The second kappa shape index (κ2) is 16.6. The Hall–Kier alpha value is -1.06. The van der Waals surface area contributed by atoms with E-state index in [9.17, 15) is 9.59 Å². The summed E-state index contributed by atoms with van der Waals surface area (Å²) in [5.74, 6) is 0.369. The van der Waals surface area contributed by atoms with E-state index < -0.39 is 0 Å². The van der Waals surface area contributed by atoms with Crippen LogP contribution >= 0.6 is 0 Å². The van der Waals surface area contributed by atoms with E-state index in [1.165, 1.54) is 38.5 Å². The summed E-state index contributed by atoms with van der Waals surface area (Å²) >= 11 is 0. The first-order valence-corrected chi connectivity index (χ1v) is 12.8. The van der Waals surface area contributed by atoms with Crippen LogP contribution in [0.1, 0.15) is 118 Å². The molecular weight excluding hydrogens is 376 g/mol. The predicted octanol–water partition coefficient (Wildman–Crippen LogP) is 7.09. The van der Waals surface area contributed by atoms with Gasteiger partial charge in [0.05, 0.1) is 25.0 Å². The molecule has 1 fully saturated rings. The Labute approximate surface area is 185 Å².